The molecule has 0 unspecified atom stereocenters. The minimum absolute atomic E-state index is 0.140. The number of furan rings is 1. The van der Waals surface area contributed by atoms with Gasteiger partial charge in [0.25, 0.3) is 11.1 Å². The van der Waals surface area contributed by atoms with Crippen LogP contribution in [-0.4, -0.2) is 48.4 Å². The number of ether oxygens (including phenoxy) is 1. The van der Waals surface area contributed by atoms with Gasteiger partial charge in [-0.15, -0.1) is 0 Å². The van der Waals surface area contributed by atoms with E-state index in [0.29, 0.717) is 23.9 Å². The van der Waals surface area contributed by atoms with Crippen LogP contribution in [0.15, 0.2) is 21.5 Å². The van der Waals surface area contributed by atoms with Crippen LogP contribution in [0.3, 0.4) is 0 Å². The second-order valence-electron chi connectivity index (χ2n) is 5.42. The number of carbonyl (C=O) groups is 2. The summed E-state index contributed by atoms with van der Waals surface area (Å²) in [6, 6.07) is 3.55. The lowest BCUT2D eigenvalue weighted by molar-refractivity contribution is -0.123. The number of amides is 2. The average molecular weight is 322 g/mol. The first-order chi connectivity index (χ1) is 10.6. The predicted octanol–water partition coefficient (Wildman–Crippen LogP) is 2.56. The van der Waals surface area contributed by atoms with Crippen LogP contribution in [0.5, 0.6) is 0 Å². The van der Waals surface area contributed by atoms with Gasteiger partial charge in [-0.25, -0.2) is 0 Å². The zero-order valence-corrected chi connectivity index (χ0v) is 13.4. The van der Waals surface area contributed by atoms with Crippen molar-refractivity contribution in [3.05, 3.63) is 22.8 Å². The van der Waals surface area contributed by atoms with E-state index in [9.17, 15) is 9.59 Å². The molecular weight excluding hydrogens is 304 g/mol. The predicted molar refractivity (Wildman–Crippen MR) is 84.7 cm³/mol. The summed E-state index contributed by atoms with van der Waals surface area (Å²) in [5.41, 5.74) is 0. The second kappa shape index (κ2) is 6.18. The number of anilines is 1. The van der Waals surface area contributed by atoms with Crippen molar-refractivity contribution in [2.45, 2.75) is 19.9 Å². The molecule has 0 N–H and O–H groups in total. The zero-order valence-electron chi connectivity index (χ0n) is 12.6. The minimum Gasteiger partial charge on any atom is -0.441 e. The number of imide groups is 1. The van der Waals surface area contributed by atoms with Crippen LogP contribution in [0.1, 0.15) is 19.6 Å². The third kappa shape index (κ3) is 2.91. The normalized spacial score (nSPS) is 21.5. The van der Waals surface area contributed by atoms with E-state index in [4.69, 9.17) is 9.15 Å². The molecule has 6 nitrogen and oxygen atoms in total. The maximum atomic E-state index is 12.2. The second-order valence-corrected chi connectivity index (χ2v) is 6.41. The van der Waals surface area contributed by atoms with E-state index in [-0.39, 0.29) is 17.2 Å². The molecule has 0 radical (unpaired) electrons. The van der Waals surface area contributed by atoms with Gasteiger partial charge in [-0.1, -0.05) is 0 Å². The van der Waals surface area contributed by atoms with Crippen molar-refractivity contribution in [3.63, 3.8) is 0 Å². The fraction of sp³-hybridized carbons (Fsp3) is 0.467. The van der Waals surface area contributed by atoms with Crippen molar-refractivity contribution in [1.82, 2.24) is 4.90 Å². The van der Waals surface area contributed by atoms with Gasteiger partial charge in [0.1, 0.15) is 5.76 Å². The molecule has 0 atom stereocenters. The Hall–Kier alpha value is -1.73. The lowest BCUT2D eigenvalue weighted by Gasteiger charge is -2.26. The summed E-state index contributed by atoms with van der Waals surface area (Å²) in [6.45, 7) is 6.59. The summed E-state index contributed by atoms with van der Waals surface area (Å²) < 4.78 is 11.1. The highest BCUT2D eigenvalue weighted by molar-refractivity contribution is 8.18. The molecule has 2 aliphatic heterocycles. The Labute approximate surface area is 133 Å². The summed E-state index contributed by atoms with van der Waals surface area (Å²) >= 11 is 0.955. The van der Waals surface area contributed by atoms with Crippen molar-refractivity contribution in [3.8, 4) is 0 Å². The molecule has 1 aromatic rings. The molecule has 2 aliphatic rings. The van der Waals surface area contributed by atoms with Gasteiger partial charge in [0.2, 0.25) is 0 Å². The number of hydrogen-bond acceptors (Lipinski definition) is 6. The van der Waals surface area contributed by atoms with Crippen LogP contribution in [0.2, 0.25) is 0 Å². The highest BCUT2D eigenvalue weighted by Gasteiger charge is 2.36. The Morgan fingerprint density at radius 2 is 1.95 bits per heavy atom. The van der Waals surface area contributed by atoms with E-state index in [1.807, 2.05) is 26.0 Å². The van der Waals surface area contributed by atoms with Crippen LogP contribution in [0.25, 0.3) is 6.08 Å². The average Bonchev–Trinajstić information content (AvgIpc) is 3.06. The van der Waals surface area contributed by atoms with E-state index < -0.39 is 0 Å². The number of thioether (sulfide) groups is 1. The van der Waals surface area contributed by atoms with Crippen LogP contribution in [0.4, 0.5) is 10.7 Å². The van der Waals surface area contributed by atoms with Crippen molar-refractivity contribution in [1.29, 1.82) is 0 Å². The lowest BCUT2D eigenvalue weighted by atomic mass is 10.3. The Morgan fingerprint density at radius 3 is 2.59 bits per heavy atom. The van der Waals surface area contributed by atoms with Gasteiger partial charge < -0.3 is 14.1 Å². The molecule has 0 aromatic carbocycles. The molecule has 118 valence electrons. The maximum absolute atomic E-state index is 12.2. The summed E-state index contributed by atoms with van der Waals surface area (Å²) in [5, 5.41) is -0.230. The van der Waals surface area contributed by atoms with E-state index in [1.165, 1.54) is 4.90 Å². The van der Waals surface area contributed by atoms with Gasteiger partial charge in [0.15, 0.2) is 5.88 Å². The van der Waals surface area contributed by atoms with Gasteiger partial charge in [-0.05, 0) is 31.7 Å². The molecule has 7 heteroatoms. The molecule has 1 aromatic heterocycles. The van der Waals surface area contributed by atoms with Crippen molar-refractivity contribution in [2.24, 2.45) is 0 Å². The van der Waals surface area contributed by atoms with Crippen molar-refractivity contribution >= 4 is 34.9 Å². The largest absolute Gasteiger partial charge is 0.441 e. The molecule has 2 amide bonds. The molecule has 0 saturated carbocycles. The topological polar surface area (TPSA) is 63.0 Å². The standard InChI is InChI=1S/C15H18N2O4S/c1-10(2)17-14(18)12(22-15(17)19)9-11-3-4-13(21-11)16-5-7-20-8-6-16/h3-4,9-10H,5-8H2,1-2H3. The van der Waals surface area contributed by atoms with E-state index in [1.54, 1.807) is 6.08 Å². The molecule has 0 spiro atoms. The highest BCUT2D eigenvalue weighted by Crippen LogP contribution is 2.34. The quantitative estimate of drug-likeness (QED) is 0.797. The van der Waals surface area contributed by atoms with E-state index in [0.717, 1.165) is 30.7 Å². The zero-order chi connectivity index (χ0) is 15.7. The van der Waals surface area contributed by atoms with Gasteiger partial charge in [0, 0.05) is 31.3 Å². The molecule has 22 heavy (non-hydrogen) atoms. The summed E-state index contributed by atoms with van der Waals surface area (Å²) in [4.78, 5) is 27.8. The van der Waals surface area contributed by atoms with Gasteiger partial charge in [0.05, 0.1) is 18.1 Å². The highest BCUT2D eigenvalue weighted by atomic mass is 32.2. The number of rotatable bonds is 3. The van der Waals surface area contributed by atoms with Crippen LogP contribution in [-0.2, 0) is 9.53 Å². The Morgan fingerprint density at radius 1 is 1.23 bits per heavy atom. The molecule has 0 aliphatic carbocycles. The summed E-state index contributed by atoms with van der Waals surface area (Å²) in [6.07, 6.45) is 1.64. The first kappa shape index (κ1) is 15.2. The van der Waals surface area contributed by atoms with E-state index >= 15 is 0 Å². The minimum atomic E-state index is -0.255. The van der Waals surface area contributed by atoms with E-state index in [2.05, 4.69) is 4.90 Å². The lowest BCUT2D eigenvalue weighted by Crippen LogP contribution is -2.35. The first-order valence-electron chi connectivity index (χ1n) is 7.26. The van der Waals surface area contributed by atoms with Gasteiger partial charge in [-0.2, -0.15) is 0 Å². The molecule has 2 fully saturated rings. The Balaban J connectivity index is 1.77. The number of nitrogens with zero attached hydrogens (tertiary/aromatic N) is 2. The SMILES string of the molecule is CC(C)N1C(=O)SC(=Cc2ccc(N3CCOCC3)o2)C1=O. The van der Waals surface area contributed by atoms with Gasteiger partial charge in [-0.3, -0.25) is 14.5 Å². The molecule has 3 heterocycles. The van der Waals surface area contributed by atoms with Crippen LogP contribution < -0.4 is 4.90 Å². The smallest absolute Gasteiger partial charge is 0.293 e. The van der Waals surface area contributed by atoms with Gasteiger partial charge >= 0.3 is 0 Å². The molecule has 3 rings (SSSR count). The first-order valence-corrected chi connectivity index (χ1v) is 8.07. The Kier molecular flexibility index (Phi) is 4.26. The third-order valence-corrected chi connectivity index (χ3v) is 4.43. The van der Waals surface area contributed by atoms with Crippen LogP contribution >= 0.6 is 11.8 Å². The third-order valence-electron chi connectivity index (χ3n) is 3.55. The molecular formula is C15H18N2O4S. The summed E-state index contributed by atoms with van der Waals surface area (Å²) in [7, 11) is 0. The number of carbonyl (C=O) groups excluding carboxylic acids is 2. The number of morpholine rings is 1. The maximum Gasteiger partial charge on any atom is 0.293 e. The number of hydrogen-bond donors (Lipinski definition) is 0. The monoisotopic (exact) mass is 322 g/mol. The fourth-order valence-electron chi connectivity index (χ4n) is 2.43. The molecule has 2 saturated heterocycles. The van der Waals surface area contributed by atoms with Crippen molar-refractivity contribution in [2.75, 3.05) is 31.2 Å². The Bertz CT molecular complexity index is 617. The fourth-order valence-corrected chi connectivity index (χ4v) is 3.37. The van der Waals surface area contributed by atoms with Crippen LogP contribution in [0, 0.1) is 0 Å². The summed E-state index contributed by atoms with van der Waals surface area (Å²) in [5.74, 6) is 1.09. The van der Waals surface area contributed by atoms with Crippen molar-refractivity contribution < 1.29 is 18.7 Å². The molecule has 0 bridgehead atoms.